The van der Waals surface area contributed by atoms with E-state index in [1.807, 2.05) is 33.1 Å². The fourth-order valence-electron chi connectivity index (χ4n) is 1.32. The first-order chi connectivity index (χ1) is 6.99. The van der Waals surface area contributed by atoms with E-state index in [1.54, 1.807) is 11.3 Å². The van der Waals surface area contributed by atoms with Crippen LogP contribution in [0.4, 0.5) is 0 Å². The summed E-state index contributed by atoms with van der Waals surface area (Å²) < 4.78 is 0. The molecule has 0 aromatic carbocycles. The summed E-state index contributed by atoms with van der Waals surface area (Å²) in [6.07, 6.45) is 0.577. The highest BCUT2D eigenvalue weighted by atomic mass is 32.1. The molecular weight excluding hydrogens is 208 g/mol. The van der Waals surface area contributed by atoms with E-state index in [1.165, 1.54) is 0 Å². The van der Waals surface area contributed by atoms with Crippen molar-refractivity contribution in [1.29, 1.82) is 0 Å². The molecule has 0 fully saturated rings. The summed E-state index contributed by atoms with van der Waals surface area (Å²) in [4.78, 5) is 15.9. The Morgan fingerprint density at radius 3 is 2.67 bits per heavy atom. The number of aryl methyl sites for hydroxylation is 1. The van der Waals surface area contributed by atoms with E-state index in [2.05, 4.69) is 10.3 Å². The van der Waals surface area contributed by atoms with E-state index in [9.17, 15) is 4.79 Å². The number of aromatic nitrogens is 1. The van der Waals surface area contributed by atoms with Crippen LogP contribution >= 0.6 is 11.3 Å². The summed E-state index contributed by atoms with van der Waals surface area (Å²) in [5.41, 5.74) is 0.953. The maximum absolute atomic E-state index is 11.5. The van der Waals surface area contributed by atoms with Crippen molar-refractivity contribution < 1.29 is 4.79 Å². The van der Waals surface area contributed by atoms with Crippen molar-refractivity contribution in [1.82, 2.24) is 10.3 Å². The van der Waals surface area contributed by atoms with Crippen molar-refractivity contribution in [3.8, 4) is 0 Å². The molecule has 0 saturated carbocycles. The van der Waals surface area contributed by atoms with Crippen LogP contribution < -0.4 is 5.32 Å². The molecule has 0 radical (unpaired) electrons. The van der Waals surface area contributed by atoms with Gasteiger partial charge >= 0.3 is 0 Å². The van der Waals surface area contributed by atoms with Crippen LogP contribution in [0.5, 0.6) is 0 Å². The number of hydrogen-bond donors (Lipinski definition) is 1. The van der Waals surface area contributed by atoms with Crippen molar-refractivity contribution in [3.63, 3.8) is 0 Å². The molecule has 1 aromatic heterocycles. The minimum Gasteiger partial charge on any atom is -0.348 e. The topological polar surface area (TPSA) is 42.0 Å². The molecule has 0 aliphatic carbocycles. The Morgan fingerprint density at radius 1 is 1.53 bits per heavy atom. The van der Waals surface area contributed by atoms with Crippen molar-refractivity contribution in [2.75, 3.05) is 0 Å². The third-order valence-corrected chi connectivity index (χ3v) is 2.84. The second-order valence-corrected chi connectivity index (χ2v) is 5.24. The van der Waals surface area contributed by atoms with Gasteiger partial charge in [0, 0.05) is 11.8 Å². The van der Waals surface area contributed by atoms with Crippen LogP contribution in [0.15, 0.2) is 5.38 Å². The first-order valence-electron chi connectivity index (χ1n) is 5.20. The van der Waals surface area contributed by atoms with Gasteiger partial charge in [-0.05, 0) is 19.8 Å². The molecule has 15 heavy (non-hydrogen) atoms. The molecule has 0 bridgehead atoms. The smallest absolute Gasteiger partial charge is 0.220 e. The van der Waals surface area contributed by atoms with Gasteiger partial charge in [-0.15, -0.1) is 11.3 Å². The van der Waals surface area contributed by atoms with Crippen LogP contribution in [0.3, 0.4) is 0 Å². The van der Waals surface area contributed by atoms with Crippen LogP contribution in [0.2, 0.25) is 0 Å². The molecule has 0 aliphatic heterocycles. The van der Waals surface area contributed by atoms with Crippen molar-refractivity contribution in [2.24, 2.45) is 5.92 Å². The Kier molecular flexibility index (Phi) is 4.27. The number of nitrogens with one attached hydrogen (secondary N) is 1. The molecule has 84 valence electrons. The zero-order valence-electron chi connectivity index (χ0n) is 9.70. The molecule has 0 spiro atoms. The number of rotatable bonds is 4. The number of thiazole rings is 1. The molecule has 1 rings (SSSR count). The summed E-state index contributed by atoms with van der Waals surface area (Å²) in [5, 5.41) is 5.98. The lowest BCUT2D eigenvalue weighted by molar-refractivity contribution is -0.122. The third-order valence-electron chi connectivity index (χ3n) is 2.05. The molecule has 1 atom stereocenters. The average molecular weight is 226 g/mol. The predicted molar refractivity (Wildman–Crippen MR) is 62.9 cm³/mol. The number of carbonyl (C=O) groups is 1. The van der Waals surface area contributed by atoms with E-state index in [0.717, 1.165) is 10.7 Å². The maximum Gasteiger partial charge on any atom is 0.220 e. The Morgan fingerprint density at radius 2 is 2.20 bits per heavy atom. The lowest BCUT2D eigenvalue weighted by atomic mass is 10.1. The van der Waals surface area contributed by atoms with Crippen LogP contribution in [-0.4, -0.2) is 10.9 Å². The van der Waals surface area contributed by atoms with Gasteiger partial charge in [0.1, 0.15) is 0 Å². The van der Waals surface area contributed by atoms with Crippen molar-refractivity contribution >= 4 is 17.2 Å². The SMILES string of the molecule is Cc1nc(C(C)NC(=O)CC(C)C)cs1. The summed E-state index contributed by atoms with van der Waals surface area (Å²) in [6, 6.07) is 0.0150. The number of hydrogen-bond acceptors (Lipinski definition) is 3. The minimum absolute atomic E-state index is 0.0150. The summed E-state index contributed by atoms with van der Waals surface area (Å²) in [6.45, 7) is 8.01. The third kappa shape index (κ3) is 4.00. The lowest BCUT2D eigenvalue weighted by Crippen LogP contribution is -2.27. The van der Waals surface area contributed by atoms with Crippen molar-refractivity contribution in [3.05, 3.63) is 16.1 Å². The van der Waals surface area contributed by atoms with Crippen LogP contribution in [-0.2, 0) is 4.79 Å². The summed E-state index contributed by atoms with van der Waals surface area (Å²) in [7, 11) is 0. The number of nitrogens with zero attached hydrogens (tertiary/aromatic N) is 1. The van der Waals surface area contributed by atoms with Gasteiger partial charge in [0.15, 0.2) is 0 Å². The first-order valence-corrected chi connectivity index (χ1v) is 6.08. The van der Waals surface area contributed by atoms with Crippen LogP contribution in [0, 0.1) is 12.8 Å². The van der Waals surface area contributed by atoms with Crippen LogP contribution in [0.1, 0.15) is 43.9 Å². The molecule has 1 N–H and O–H groups in total. The van der Waals surface area contributed by atoms with E-state index in [0.29, 0.717) is 12.3 Å². The highest BCUT2D eigenvalue weighted by Crippen LogP contribution is 2.15. The zero-order chi connectivity index (χ0) is 11.4. The molecule has 1 heterocycles. The predicted octanol–water partition coefficient (Wildman–Crippen LogP) is 2.67. The fraction of sp³-hybridized carbons (Fsp3) is 0.636. The van der Waals surface area contributed by atoms with Gasteiger partial charge < -0.3 is 5.32 Å². The van der Waals surface area contributed by atoms with E-state index < -0.39 is 0 Å². The van der Waals surface area contributed by atoms with Gasteiger partial charge in [-0.3, -0.25) is 4.79 Å². The van der Waals surface area contributed by atoms with E-state index >= 15 is 0 Å². The average Bonchev–Trinajstić information content (AvgIpc) is 2.49. The fourth-order valence-corrected chi connectivity index (χ4v) is 2.03. The van der Waals surface area contributed by atoms with Gasteiger partial charge in [0.2, 0.25) is 5.91 Å². The molecule has 0 aliphatic rings. The Hall–Kier alpha value is -0.900. The standard InChI is InChI=1S/C11H18N2OS/c1-7(2)5-11(14)12-8(3)10-6-15-9(4)13-10/h6-8H,5H2,1-4H3,(H,12,14). The molecular formula is C11H18N2OS. The highest BCUT2D eigenvalue weighted by molar-refractivity contribution is 7.09. The second-order valence-electron chi connectivity index (χ2n) is 4.18. The van der Waals surface area contributed by atoms with Crippen LogP contribution in [0.25, 0.3) is 0 Å². The maximum atomic E-state index is 11.5. The molecule has 1 unspecified atom stereocenters. The summed E-state index contributed by atoms with van der Waals surface area (Å²) >= 11 is 1.61. The molecule has 3 nitrogen and oxygen atoms in total. The Labute approximate surface area is 94.9 Å². The first kappa shape index (κ1) is 12.2. The number of amides is 1. The quantitative estimate of drug-likeness (QED) is 0.857. The number of carbonyl (C=O) groups excluding carboxylic acids is 1. The lowest BCUT2D eigenvalue weighted by Gasteiger charge is -2.12. The monoisotopic (exact) mass is 226 g/mol. The van der Waals surface area contributed by atoms with E-state index in [4.69, 9.17) is 0 Å². The zero-order valence-corrected chi connectivity index (χ0v) is 10.5. The molecule has 1 amide bonds. The molecule has 1 aromatic rings. The Bertz CT molecular complexity index is 333. The summed E-state index contributed by atoms with van der Waals surface area (Å²) in [5.74, 6) is 0.498. The Balaban J connectivity index is 2.48. The minimum atomic E-state index is 0.0150. The van der Waals surface area contributed by atoms with Gasteiger partial charge in [-0.1, -0.05) is 13.8 Å². The molecule has 0 saturated heterocycles. The second kappa shape index (κ2) is 5.26. The molecule has 4 heteroatoms. The van der Waals surface area contributed by atoms with Gasteiger partial charge in [0.05, 0.1) is 16.7 Å². The van der Waals surface area contributed by atoms with Gasteiger partial charge in [-0.25, -0.2) is 4.98 Å². The van der Waals surface area contributed by atoms with E-state index in [-0.39, 0.29) is 11.9 Å². The van der Waals surface area contributed by atoms with Gasteiger partial charge in [0.25, 0.3) is 0 Å². The largest absolute Gasteiger partial charge is 0.348 e. The van der Waals surface area contributed by atoms with Crippen molar-refractivity contribution in [2.45, 2.75) is 40.2 Å². The highest BCUT2D eigenvalue weighted by Gasteiger charge is 2.12. The van der Waals surface area contributed by atoms with Gasteiger partial charge in [-0.2, -0.15) is 0 Å². The normalized spacial score (nSPS) is 12.9.